The van der Waals surface area contributed by atoms with Crippen molar-refractivity contribution in [3.8, 4) is 0 Å². The summed E-state index contributed by atoms with van der Waals surface area (Å²) < 4.78 is 0. The molecular formula is C27H24. The van der Waals surface area contributed by atoms with E-state index in [0.717, 1.165) is 0 Å². The molecule has 3 aromatic carbocycles. The molecule has 0 aliphatic heterocycles. The van der Waals surface area contributed by atoms with Crippen molar-refractivity contribution in [2.45, 2.75) is 20.8 Å². The Hall–Kier alpha value is -3.12. The number of hydrogen-bond acceptors (Lipinski definition) is 0. The van der Waals surface area contributed by atoms with Crippen LogP contribution in [0.1, 0.15) is 41.7 Å². The van der Waals surface area contributed by atoms with Gasteiger partial charge in [-0.15, -0.1) is 0 Å². The maximum absolute atomic E-state index is 2.30. The van der Waals surface area contributed by atoms with Crippen molar-refractivity contribution in [1.82, 2.24) is 0 Å². The van der Waals surface area contributed by atoms with Gasteiger partial charge >= 0.3 is 0 Å². The van der Waals surface area contributed by atoms with Crippen molar-refractivity contribution in [3.63, 3.8) is 0 Å². The van der Waals surface area contributed by atoms with E-state index >= 15 is 0 Å². The van der Waals surface area contributed by atoms with Crippen LogP contribution in [0, 0.1) is 6.92 Å². The van der Waals surface area contributed by atoms with Gasteiger partial charge < -0.3 is 0 Å². The number of fused-ring (bicyclic) bond motifs is 1. The Kier molecular flexibility index (Phi) is 4.64. The van der Waals surface area contributed by atoms with Gasteiger partial charge in [0.25, 0.3) is 0 Å². The fraction of sp³-hybridized carbons (Fsp3) is 0.111. The second-order valence-electron chi connectivity index (χ2n) is 7.27. The second kappa shape index (κ2) is 7.25. The number of hydrogen-bond donors (Lipinski definition) is 0. The Morgan fingerprint density at radius 3 is 2.00 bits per heavy atom. The predicted octanol–water partition coefficient (Wildman–Crippen LogP) is 7.32. The summed E-state index contributed by atoms with van der Waals surface area (Å²) in [5.41, 5.74) is 11.8. The van der Waals surface area contributed by atoms with Crippen LogP contribution in [0.2, 0.25) is 0 Å². The summed E-state index contributed by atoms with van der Waals surface area (Å²) in [4.78, 5) is 0. The van der Waals surface area contributed by atoms with Gasteiger partial charge in [0.15, 0.2) is 0 Å². The molecule has 0 heteroatoms. The van der Waals surface area contributed by atoms with Crippen LogP contribution in [0.4, 0.5) is 0 Å². The minimum Gasteiger partial charge on any atom is -0.0679 e. The van der Waals surface area contributed by atoms with Gasteiger partial charge in [0.2, 0.25) is 0 Å². The van der Waals surface area contributed by atoms with Crippen LogP contribution in [0.15, 0.2) is 96.1 Å². The molecule has 0 nitrogen and oxygen atoms in total. The number of rotatable bonds is 3. The largest absolute Gasteiger partial charge is 0.0679 e. The molecule has 0 unspecified atom stereocenters. The topological polar surface area (TPSA) is 0 Å². The van der Waals surface area contributed by atoms with Crippen molar-refractivity contribution in [2.24, 2.45) is 0 Å². The summed E-state index contributed by atoms with van der Waals surface area (Å²) in [6.07, 6.45) is 4.55. The molecule has 0 bridgehead atoms. The molecule has 0 amide bonds. The van der Waals surface area contributed by atoms with Crippen LogP contribution in [0.3, 0.4) is 0 Å². The third kappa shape index (κ3) is 3.19. The van der Waals surface area contributed by atoms with E-state index in [4.69, 9.17) is 0 Å². The highest BCUT2D eigenvalue weighted by molar-refractivity contribution is 6.07. The molecule has 1 aliphatic rings. The van der Waals surface area contributed by atoms with Crippen LogP contribution in [-0.4, -0.2) is 0 Å². The standard InChI is InChI=1S/C27H24/c1-19(2)26-23-15-9-10-16-24(23)27(22-13-5-4-6-14-22)25(26)18-17-21-12-8-7-11-20(21)3/h4-18H,1-3H3/b18-17+. The van der Waals surface area contributed by atoms with E-state index in [2.05, 4.69) is 112 Å². The maximum Gasteiger partial charge on any atom is -0.00264 e. The zero-order chi connectivity index (χ0) is 18.8. The zero-order valence-electron chi connectivity index (χ0n) is 16.2. The average Bonchev–Trinajstić information content (AvgIpc) is 3.02. The molecule has 0 heterocycles. The van der Waals surface area contributed by atoms with E-state index in [0.29, 0.717) is 0 Å². The van der Waals surface area contributed by atoms with E-state index in [1.807, 2.05) is 0 Å². The zero-order valence-corrected chi connectivity index (χ0v) is 16.2. The highest BCUT2D eigenvalue weighted by Crippen LogP contribution is 2.46. The molecular weight excluding hydrogens is 324 g/mol. The molecule has 0 radical (unpaired) electrons. The average molecular weight is 348 g/mol. The lowest BCUT2D eigenvalue weighted by Gasteiger charge is -2.08. The van der Waals surface area contributed by atoms with E-state index in [1.165, 1.54) is 50.1 Å². The van der Waals surface area contributed by atoms with Gasteiger partial charge in [0, 0.05) is 0 Å². The molecule has 0 saturated heterocycles. The Morgan fingerprint density at radius 2 is 1.30 bits per heavy atom. The molecule has 0 N–H and O–H groups in total. The molecule has 132 valence electrons. The smallest absolute Gasteiger partial charge is 0.00264 e. The molecule has 0 spiro atoms. The third-order valence-corrected chi connectivity index (χ3v) is 5.18. The summed E-state index contributed by atoms with van der Waals surface area (Å²) in [6, 6.07) is 28.0. The van der Waals surface area contributed by atoms with E-state index < -0.39 is 0 Å². The van der Waals surface area contributed by atoms with Gasteiger partial charge in [-0.3, -0.25) is 0 Å². The molecule has 0 saturated carbocycles. The van der Waals surface area contributed by atoms with Crippen molar-refractivity contribution >= 4 is 17.2 Å². The highest BCUT2D eigenvalue weighted by atomic mass is 14.3. The van der Waals surface area contributed by atoms with Crippen LogP contribution >= 0.6 is 0 Å². The first-order valence-corrected chi connectivity index (χ1v) is 9.48. The SMILES string of the molecule is CC(C)=C1C(/C=C/c2ccccc2C)=C(c2ccccc2)c2ccccc21. The van der Waals surface area contributed by atoms with Crippen LogP contribution < -0.4 is 0 Å². The van der Waals surface area contributed by atoms with Crippen molar-refractivity contribution in [3.05, 3.63) is 124 Å². The van der Waals surface area contributed by atoms with Gasteiger partial charge in [-0.05, 0) is 65.3 Å². The molecule has 0 atom stereocenters. The lowest BCUT2D eigenvalue weighted by atomic mass is 9.95. The minimum absolute atomic E-state index is 1.27. The predicted molar refractivity (Wildman–Crippen MR) is 117 cm³/mol. The van der Waals surface area contributed by atoms with E-state index in [9.17, 15) is 0 Å². The van der Waals surface area contributed by atoms with Crippen LogP contribution in [0.25, 0.3) is 17.2 Å². The highest BCUT2D eigenvalue weighted by Gasteiger charge is 2.26. The summed E-state index contributed by atoms with van der Waals surface area (Å²) in [5, 5.41) is 0. The first-order valence-electron chi connectivity index (χ1n) is 9.48. The summed E-state index contributed by atoms with van der Waals surface area (Å²) in [6.45, 7) is 6.58. The quantitative estimate of drug-likeness (QED) is 0.465. The fourth-order valence-electron chi connectivity index (χ4n) is 3.90. The number of benzene rings is 3. The van der Waals surface area contributed by atoms with E-state index in [-0.39, 0.29) is 0 Å². The van der Waals surface area contributed by atoms with Crippen molar-refractivity contribution < 1.29 is 0 Å². The normalized spacial score (nSPS) is 13.4. The Balaban J connectivity index is 1.96. The number of allylic oxidation sites excluding steroid dienone is 4. The fourth-order valence-corrected chi connectivity index (χ4v) is 3.90. The molecule has 0 aromatic heterocycles. The molecule has 1 aliphatic carbocycles. The Bertz CT molecular complexity index is 1070. The molecule has 4 rings (SSSR count). The lowest BCUT2D eigenvalue weighted by molar-refractivity contribution is 1.39. The summed E-state index contributed by atoms with van der Waals surface area (Å²) in [5.74, 6) is 0. The van der Waals surface area contributed by atoms with Crippen molar-refractivity contribution in [2.75, 3.05) is 0 Å². The van der Waals surface area contributed by atoms with Gasteiger partial charge in [0.05, 0.1) is 0 Å². The van der Waals surface area contributed by atoms with Gasteiger partial charge in [-0.2, -0.15) is 0 Å². The van der Waals surface area contributed by atoms with Crippen LogP contribution in [0.5, 0.6) is 0 Å². The van der Waals surface area contributed by atoms with E-state index in [1.54, 1.807) is 0 Å². The Labute approximate surface area is 162 Å². The molecule has 27 heavy (non-hydrogen) atoms. The van der Waals surface area contributed by atoms with Crippen molar-refractivity contribution in [1.29, 1.82) is 0 Å². The summed E-state index contributed by atoms with van der Waals surface area (Å²) >= 11 is 0. The number of aryl methyl sites for hydroxylation is 1. The lowest BCUT2D eigenvalue weighted by Crippen LogP contribution is -1.87. The van der Waals surface area contributed by atoms with Crippen LogP contribution in [-0.2, 0) is 0 Å². The van der Waals surface area contributed by atoms with Gasteiger partial charge in [0.1, 0.15) is 0 Å². The monoisotopic (exact) mass is 348 g/mol. The Morgan fingerprint density at radius 1 is 0.667 bits per heavy atom. The van der Waals surface area contributed by atoms with Gasteiger partial charge in [-0.1, -0.05) is 96.6 Å². The summed E-state index contributed by atoms with van der Waals surface area (Å²) in [7, 11) is 0. The van der Waals surface area contributed by atoms with Gasteiger partial charge in [-0.25, -0.2) is 0 Å². The maximum atomic E-state index is 2.30. The first-order chi connectivity index (χ1) is 13.2. The first kappa shape index (κ1) is 17.3. The minimum atomic E-state index is 1.27. The third-order valence-electron chi connectivity index (χ3n) is 5.18. The second-order valence-corrected chi connectivity index (χ2v) is 7.27. The molecule has 3 aromatic rings. The molecule has 0 fully saturated rings.